The highest BCUT2D eigenvalue weighted by Gasteiger charge is 2.51. The molecule has 4 heterocycles. The summed E-state index contributed by atoms with van der Waals surface area (Å²) in [6, 6.07) is 90.8. The zero-order chi connectivity index (χ0) is 52.3. The highest BCUT2D eigenvalue weighted by molar-refractivity contribution is 7.16. The lowest BCUT2D eigenvalue weighted by Gasteiger charge is -2.30. The van der Waals surface area contributed by atoms with Crippen LogP contribution in [0.5, 0.6) is 0 Å². The molecule has 0 unspecified atom stereocenters. The average molecular weight is 1040 g/mol. The lowest BCUT2D eigenvalue weighted by Crippen LogP contribution is -2.26. The van der Waals surface area contributed by atoms with Crippen molar-refractivity contribution in [2.75, 3.05) is 0 Å². The number of nitrogens with zero attached hydrogens (tertiary/aromatic N) is 2. The van der Waals surface area contributed by atoms with Gasteiger partial charge in [0.2, 0.25) is 0 Å². The predicted molar refractivity (Wildman–Crippen MR) is 338 cm³/mol. The predicted octanol–water partition coefficient (Wildman–Crippen LogP) is 20.6. The summed E-state index contributed by atoms with van der Waals surface area (Å²) in [6.07, 6.45) is 9.21. The molecule has 0 saturated heterocycles. The molecule has 0 fully saturated rings. The van der Waals surface area contributed by atoms with Gasteiger partial charge in [-0.1, -0.05) is 169 Å². The van der Waals surface area contributed by atoms with Gasteiger partial charge < -0.3 is 9.13 Å². The summed E-state index contributed by atoms with van der Waals surface area (Å²) in [5.41, 5.74) is 24.8. The van der Waals surface area contributed by atoms with E-state index in [2.05, 4.69) is 290 Å². The van der Waals surface area contributed by atoms with Crippen molar-refractivity contribution in [3.8, 4) is 54.5 Å². The zero-order valence-electron chi connectivity index (χ0n) is 43.6. The fourth-order valence-corrected chi connectivity index (χ4v) is 14.9. The summed E-state index contributed by atoms with van der Waals surface area (Å²) in [6.45, 7) is 4.29. The van der Waals surface area contributed by atoms with Crippen molar-refractivity contribution >= 4 is 90.6 Å². The summed E-state index contributed by atoms with van der Waals surface area (Å²) in [7, 11) is 0. The summed E-state index contributed by atoms with van der Waals surface area (Å²) < 4.78 is 4.79. The molecule has 2 aliphatic rings. The van der Waals surface area contributed by atoms with Crippen LogP contribution in [0.15, 0.2) is 243 Å². The third-order valence-corrected chi connectivity index (χ3v) is 19.0. The summed E-state index contributed by atoms with van der Waals surface area (Å²) in [5, 5.41) is 5.08. The number of fused-ring (bicyclic) bond motifs is 16. The van der Waals surface area contributed by atoms with E-state index in [9.17, 15) is 0 Å². The second kappa shape index (κ2) is 17.9. The Bertz CT molecular complexity index is 4550. The van der Waals surface area contributed by atoms with E-state index in [-0.39, 0.29) is 0 Å². The quantitative estimate of drug-likeness (QED) is 0.144. The maximum absolute atomic E-state index is 2.47. The Morgan fingerprint density at radius 1 is 0.316 bits per heavy atom. The van der Waals surface area contributed by atoms with Crippen LogP contribution >= 0.6 is 22.7 Å². The van der Waals surface area contributed by atoms with Crippen LogP contribution < -0.4 is 0 Å². The first-order valence-electron chi connectivity index (χ1n) is 27.2. The van der Waals surface area contributed by atoms with E-state index in [1.807, 2.05) is 22.7 Å². The fraction of sp³-hybridized carbons (Fsp3) is 0.0400. The first-order chi connectivity index (χ1) is 38.9. The van der Waals surface area contributed by atoms with Crippen molar-refractivity contribution in [1.29, 1.82) is 0 Å². The number of para-hydroxylation sites is 2. The van der Waals surface area contributed by atoms with E-state index in [0.29, 0.717) is 0 Å². The number of aryl methyl sites for hydroxylation is 2. The molecule has 0 radical (unpaired) electrons. The molecule has 14 aromatic rings. The molecule has 4 heteroatoms. The van der Waals surface area contributed by atoms with E-state index in [0.717, 1.165) is 0 Å². The molecule has 16 rings (SSSR count). The molecule has 2 nitrogen and oxygen atoms in total. The Balaban J connectivity index is 0.727. The van der Waals surface area contributed by atoms with Crippen molar-refractivity contribution in [3.63, 3.8) is 0 Å². The molecule has 2 aliphatic carbocycles. The average Bonchev–Trinajstić information content (AvgIpc) is 3.01. The maximum Gasteiger partial charge on any atom is 0.0725 e. The van der Waals surface area contributed by atoms with Gasteiger partial charge in [0.05, 0.1) is 27.5 Å². The second-order valence-corrected chi connectivity index (χ2v) is 23.6. The zero-order valence-corrected chi connectivity index (χ0v) is 45.2. The smallest absolute Gasteiger partial charge is 0.0725 e. The molecule has 372 valence electrons. The van der Waals surface area contributed by atoms with E-state index in [4.69, 9.17) is 0 Å². The van der Waals surface area contributed by atoms with Crippen LogP contribution in [-0.2, 0) is 5.41 Å². The normalized spacial score (nSPS) is 13.2. The van der Waals surface area contributed by atoms with Crippen LogP contribution in [0.3, 0.4) is 0 Å². The van der Waals surface area contributed by atoms with Crippen LogP contribution in [0.1, 0.15) is 54.3 Å². The summed E-state index contributed by atoms with van der Waals surface area (Å²) in [5.74, 6) is 0. The van der Waals surface area contributed by atoms with Gasteiger partial charge in [-0.15, -0.1) is 22.7 Å². The van der Waals surface area contributed by atoms with E-state index in [1.54, 1.807) is 0 Å². The molecular formula is C75H50N2S2. The lowest BCUT2D eigenvalue weighted by atomic mass is 9.70. The Kier molecular flexibility index (Phi) is 10.4. The monoisotopic (exact) mass is 1040 g/mol. The Morgan fingerprint density at radius 2 is 0.722 bits per heavy atom. The Labute approximate surface area is 467 Å². The molecule has 0 amide bonds. The number of rotatable bonds is 8. The minimum absolute atomic E-state index is 0.458. The third kappa shape index (κ3) is 7.15. The molecular weight excluding hydrogens is 993 g/mol. The number of thiophene rings is 2. The number of hydrogen-bond donors (Lipinski definition) is 0. The van der Waals surface area contributed by atoms with Crippen molar-refractivity contribution < 1.29 is 0 Å². The van der Waals surface area contributed by atoms with Gasteiger partial charge >= 0.3 is 0 Å². The molecule has 1 spiro atoms. The first kappa shape index (κ1) is 45.8. The van der Waals surface area contributed by atoms with Crippen molar-refractivity contribution in [3.05, 3.63) is 297 Å². The van der Waals surface area contributed by atoms with Crippen LogP contribution in [0.25, 0.3) is 122 Å². The molecule has 0 aliphatic heterocycles. The van der Waals surface area contributed by atoms with Gasteiger partial charge in [-0.25, -0.2) is 0 Å². The SMILES string of the molecule is Cc1ccc(-n2c3ccccc3c3cc(-c4ccc(/C=C/c5ccc6c(c5)C5(c7ccccc7-c7ccccc75)c5cc(/C=C/c7ccc(-c8ccc9c(c8)c8ccccc8n9-c8ccc(C)cc8)s7)ccc5-6)s4)ccc32)cc1. The standard InChI is InChI=1S/C75H50N2S2/c1-47-19-29-53(30-20-47)76-69-17-9-5-13-61(69)63-45-51(27-39-71(63)76)73-41-35-55(78-73)33-23-49-25-37-59-60-38-26-50(44-68(60)75(67(59)43-49)65-15-7-3-11-57(65)58-12-4-8-16-66(58)75)24-34-56-36-42-74(79-56)52-28-40-72-64(46-52)62-14-6-10-18-70(62)77(72)54-31-21-48(2)22-32-54/h3-46H,1-2H3/b33-23+,34-24+. The Hall–Kier alpha value is -9.32. The number of aromatic nitrogens is 2. The van der Waals surface area contributed by atoms with E-state index >= 15 is 0 Å². The van der Waals surface area contributed by atoms with Gasteiger partial charge in [0.1, 0.15) is 0 Å². The molecule has 0 bridgehead atoms. The number of benzene rings is 10. The van der Waals surface area contributed by atoms with E-state index in [1.165, 1.54) is 152 Å². The topological polar surface area (TPSA) is 9.86 Å². The Morgan fingerprint density at radius 3 is 1.19 bits per heavy atom. The van der Waals surface area contributed by atoms with Crippen molar-refractivity contribution in [1.82, 2.24) is 9.13 Å². The summed E-state index contributed by atoms with van der Waals surface area (Å²) in [4.78, 5) is 4.98. The van der Waals surface area contributed by atoms with Gasteiger partial charge in [-0.05, 0) is 190 Å². The third-order valence-electron chi connectivity index (χ3n) is 16.8. The van der Waals surface area contributed by atoms with Crippen LogP contribution in [-0.4, -0.2) is 9.13 Å². The lowest BCUT2D eigenvalue weighted by molar-refractivity contribution is 0.793. The summed E-state index contributed by atoms with van der Waals surface area (Å²) >= 11 is 3.69. The number of hydrogen-bond acceptors (Lipinski definition) is 2. The van der Waals surface area contributed by atoms with Gasteiger partial charge in [0.15, 0.2) is 0 Å². The molecule has 0 saturated carbocycles. The van der Waals surface area contributed by atoms with Crippen molar-refractivity contribution in [2.45, 2.75) is 19.3 Å². The molecule has 79 heavy (non-hydrogen) atoms. The second-order valence-electron chi connectivity index (χ2n) is 21.4. The van der Waals surface area contributed by atoms with Gasteiger partial charge in [-0.2, -0.15) is 0 Å². The largest absolute Gasteiger partial charge is 0.309 e. The van der Waals surface area contributed by atoms with Crippen molar-refractivity contribution in [2.24, 2.45) is 0 Å². The van der Waals surface area contributed by atoms with Gasteiger partial charge in [-0.3, -0.25) is 0 Å². The molecule has 10 aromatic carbocycles. The molecule has 0 atom stereocenters. The van der Waals surface area contributed by atoms with Crippen LogP contribution in [0.2, 0.25) is 0 Å². The first-order valence-corrected chi connectivity index (χ1v) is 28.8. The molecule has 4 aromatic heterocycles. The molecule has 0 N–H and O–H groups in total. The maximum atomic E-state index is 2.47. The van der Waals surface area contributed by atoms with Gasteiger partial charge in [0.25, 0.3) is 0 Å². The van der Waals surface area contributed by atoms with Gasteiger partial charge in [0, 0.05) is 52.4 Å². The van der Waals surface area contributed by atoms with E-state index < -0.39 is 5.41 Å². The fourth-order valence-electron chi connectivity index (χ4n) is 13.1. The van der Waals surface area contributed by atoms with Crippen LogP contribution in [0.4, 0.5) is 0 Å². The van der Waals surface area contributed by atoms with Crippen LogP contribution in [0, 0.1) is 13.8 Å². The minimum atomic E-state index is -0.458. The highest BCUT2D eigenvalue weighted by Crippen LogP contribution is 2.63. The highest BCUT2D eigenvalue weighted by atomic mass is 32.1. The minimum Gasteiger partial charge on any atom is -0.309 e.